The van der Waals surface area contributed by atoms with Gasteiger partial charge in [0.05, 0.1) is 12.8 Å². The number of para-hydroxylation sites is 1. The van der Waals surface area contributed by atoms with Gasteiger partial charge in [-0.15, -0.1) is 0 Å². The van der Waals surface area contributed by atoms with Crippen LogP contribution in [0.1, 0.15) is 6.92 Å². The number of anilines is 1. The molecule has 0 aliphatic rings. The van der Waals surface area contributed by atoms with Crippen molar-refractivity contribution in [1.82, 2.24) is 0 Å². The third kappa shape index (κ3) is 4.31. The SMILES string of the molecule is CON(c1ccccc1)[C@H](C)C(=O)OP(=O)(O)Cl. The van der Waals surface area contributed by atoms with Gasteiger partial charge in [0, 0.05) is 11.2 Å². The molecular formula is C10H13ClNO5P. The number of hydrogen-bond acceptors (Lipinski definition) is 5. The summed E-state index contributed by atoms with van der Waals surface area (Å²) in [6, 6.07) is 7.84. The molecule has 6 nitrogen and oxygen atoms in total. The molecule has 8 heteroatoms. The molecule has 0 saturated carbocycles. The van der Waals surface area contributed by atoms with E-state index in [1.807, 2.05) is 0 Å². The van der Waals surface area contributed by atoms with Crippen LogP contribution in [-0.2, 0) is 18.7 Å². The van der Waals surface area contributed by atoms with Crippen molar-refractivity contribution in [2.24, 2.45) is 0 Å². The molecule has 0 spiro atoms. The van der Waals surface area contributed by atoms with Crippen molar-refractivity contribution in [3.63, 3.8) is 0 Å². The van der Waals surface area contributed by atoms with Crippen LogP contribution in [0.2, 0.25) is 0 Å². The van der Waals surface area contributed by atoms with Gasteiger partial charge >= 0.3 is 12.9 Å². The van der Waals surface area contributed by atoms with Crippen molar-refractivity contribution >= 4 is 29.8 Å². The minimum atomic E-state index is -4.38. The molecule has 0 radical (unpaired) electrons. The highest BCUT2D eigenvalue weighted by molar-refractivity contribution is 7.80. The first-order valence-corrected chi connectivity index (χ1v) is 7.47. The van der Waals surface area contributed by atoms with E-state index in [4.69, 9.17) is 21.0 Å². The van der Waals surface area contributed by atoms with E-state index < -0.39 is 19.0 Å². The zero-order valence-corrected chi connectivity index (χ0v) is 11.5. The van der Waals surface area contributed by atoms with Gasteiger partial charge in [-0.05, 0) is 19.1 Å². The zero-order chi connectivity index (χ0) is 13.8. The lowest BCUT2D eigenvalue weighted by Crippen LogP contribution is -2.38. The lowest BCUT2D eigenvalue weighted by atomic mass is 10.2. The fraction of sp³-hybridized carbons (Fsp3) is 0.300. The highest BCUT2D eigenvalue weighted by Gasteiger charge is 2.29. The molecule has 100 valence electrons. The molecular weight excluding hydrogens is 281 g/mol. The summed E-state index contributed by atoms with van der Waals surface area (Å²) < 4.78 is 15.0. The standard InChI is InChI=1S/C10H13ClNO5P/c1-8(10(13)17-18(11,14)15)12(16-2)9-6-4-3-5-7-9/h3-8H,1-2H3,(H,14,15)/t8-/m1/s1. The number of carbonyl (C=O) groups excluding carboxylic acids is 1. The minimum Gasteiger partial charge on any atom is -0.379 e. The van der Waals surface area contributed by atoms with Gasteiger partial charge in [-0.1, -0.05) is 18.2 Å². The van der Waals surface area contributed by atoms with Gasteiger partial charge in [0.2, 0.25) is 0 Å². The molecule has 0 bridgehead atoms. The summed E-state index contributed by atoms with van der Waals surface area (Å²) in [6.45, 7) is -2.91. The summed E-state index contributed by atoms with van der Waals surface area (Å²) in [5.41, 5.74) is 0.604. The Kier molecular flexibility index (Phi) is 5.16. The van der Waals surface area contributed by atoms with Crippen LogP contribution in [0.3, 0.4) is 0 Å². The first-order valence-electron chi connectivity index (χ1n) is 4.99. The minimum absolute atomic E-state index is 0.604. The summed E-state index contributed by atoms with van der Waals surface area (Å²) in [6.07, 6.45) is 0. The van der Waals surface area contributed by atoms with Crippen molar-refractivity contribution < 1.29 is 23.6 Å². The smallest absolute Gasteiger partial charge is 0.379 e. The largest absolute Gasteiger partial charge is 0.476 e. The van der Waals surface area contributed by atoms with E-state index in [1.165, 1.54) is 19.1 Å². The Morgan fingerprint density at radius 1 is 1.44 bits per heavy atom. The molecule has 0 fully saturated rings. The van der Waals surface area contributed by atoms with Crippen molar-refractivity contribution in [3.05, 3.63) is 30.3 Å². The molecule has 1 unspecified atom stereocenters. The second kappa shape index (κ2) is 6.20. The summed E-state index contributed by atoms with van der Waals surface area (Å²) in [5.74, 6) is -0.957. The Balaban J connectivity index is 2.83. The number of nitrogens with zero attached hydrogens (tertiary/aromatic N) is 1. The normalized spacial score (nSPS) is 15.6. The molecule has 0 aliphatic carbocycles. The maximum atomic E-state index is 11.6. The summed E-state index contributed by atoms with van der Waals surface area (Å²) in [4.78, 5) is 25.4. The quantitative estimate of drug-likeness (QED) is 0.663. The second-order valence-corrected chi connectivity index (χ2v) is 5.75. The van der Waals surface area contributed by atoms with Crippen LogP contribution in [0.15, 0.2) is 30.3 Å². The van der Waals surface area contributed by atoms with Crippen LogP contribution < -0.4 is 5.06 Å². The fourth-order valence-corrected chi connectivity index (χ4v) is 1.92. The van der Waals surface area contributed by atoms with Crippen LogP contribution in [0.5, 0.6) is 0 Å². The van der Waals surface area contributed by atoms with Crippen LogP contribution in [0.4, 0.5) is 5.69 Å². The highest BCUT2D eigenvalue weighted by atomic mass is 35.7. The summed E-state index contributed by atoms with van der Waals surface area (Å²) in [5, 5.41) is 1.24. The van der Waals surface area contributed by atoms with E-state index in [0.717, 1.165) is 0 Å². The van der Waals surface area contributed by atoms with Crippen molar-refractivity contribution in [3.8, 4) is 0 Å². The van der Waals surface area contributed by atoms with Gasteiger partial charge in [0.1, 0.15) is 0 Å². The Hall–Kier alpha value is -1.07. The maximum Gasteiger partial charge on any atom is 0.476 e. The Bertz CT molecular complexity index is 449. The van der Waals surface area contributed by atoms with Gasteiger partial charge < -0.3 is 9.42 Å². The van der Waals surface area contributed by atoms with E-state index in [1.54, 1.807) is 30.3 Å². The number of carbonyl (C=O) groups is 1. The Labute approximate surface area is 109 Å². The molecule has 0 amide bonds. The molecule has 1 aromatic carbocycles. The van der Waals surface area contributed by atoms with E-state index in [-0.39, 0.29) is 0 Å². The third-order valence-corrected chi connectivity index (χ3v) is 2.71. The first-order chi connectivity index (χ1) is 8.35. The Morgan fingerprint density at radius 2 is 2.00 bits per heavy atom. The van der Waals surface area contributed by atoms with Gasteiger partial charge in [0.15, 0.2) is 6.04 Å². The molecule has 1 aromatic rings. The van der Waals surface area contributed by atoms with Crippen LogP contribution in [0.25, 0.3) is 0 Å². The number of hydroxylamine groups is 1. The van der Waals surface area contributed by atoms with Crippen LogP contribution in [0, 0.1) is 0 Å². The predicted molar refractivity (Wildman–Crippen MR) is 67.2 cm³/mol. The molecule has 2 atom stereocenters. The van der Waals surface area contributed by atoms with Crippen molar-refractivity contribution in [2.75, 3.05) is 12.2 Å². The topological polar surface area (TPSA) is 76.1 Å². The van der Waals surface area contributed by atoms with Gasteiger partial charge in [0.25, 0.3) is 0 Å². The molecule has 0 aliphatic heterocycles. The molecule has 0 aromatic heterocycles. The number of hydrogen-bond donors (Lipinski definition) is 1. The first kappa shape index (κ1) is 15.0. The average Bonchev–Trinajstić information content (AvgIpc) is 2.29. The fourth-order valence-electron chi connectivity index (χ4n) is 1.35. The second-order valence-electron chi connectivity index (χ2n) is 3.38. The predicted octanol–water partition coefficient (Wildman–Crippen LogP) is 2.33. The van der Waals surface area contributed by atoms with E-state index in [2.05, 4.69) is 4.52 Å². The van der Waals surface area contributed by atoms with Crippen molar-refractivity contribution in [2.45, 2.75) is 13.0 Å². The van der Waals surface area contributed by atoms with Crippen LogP contribution >= 0.6 is 18.2 Å². The van der Waals surface area contributed by atoms with Gasteiger partial charge in [-0.25, -0.2) is 14.4 Å². The highest BCUT2D eigenvalue weighted by Crippen LogP contribution is 2.47. The molecule has 1 N–H and O–H groups in total. The van der Waals surface area contributed by atoms with Crippen molar-refractivity contribution in [1.29, 1.82) is 0 Å². The molecule has 1 rings (SSSR count). The molecule has 0 saturated heterocycles. The number of benzene rings is 1. The van der Waals surface area contributed by atoms with E-state index in [9.17, 15) is 9.36 Å². The summed E-state index contributed by atoms with van der Waals surface area (Å²) >= 11 is 4.97. The van der Waals surface area contributed by atoms with E-state index >= 15 is 0 Å². The van der Waals surface area contributed by atoms with Gasteiger partial charge in [-0.3, -0.25) is 4.84 Å². The average molecular weight is 294 g/mol. The molecule has 18 heavy (non-hydrogen) atoms. The third-order valence-electron chi connectivity index (χ3n) is 2.10. The maximum absolute atomic E-state index is 11.6. The zero-order valence-electron chi connectivity index (χ0n) is 9.82. The van der Waals surface area contributed by atoms with Gasteiger partial charge in [-0.2, -0.15) is 0 Å². The lowest BCUT2D eigenvalue weighted by molar-refractivity contribution is -0.137. The number of halogens is 1. The Morgan fingerprint density at radius 3 is 2.44 bits per heavy atom. The summed E-state index contributed by atoms with van der Waals surface area (Å²) in [7, 11) is 1.37. The monoisotopic (exact) mass is 293 g/mol. The van der Waals surface area contributed by atoms with Crippen LogP contribution in [-0.4, -0.2) is 24.0 Å². The lowest BCUT2D eigenvalue weighted by Gasteiger charge is -2.26. The van der Waals surface area contributed by atoms with E-state index in [0.29, 0.717) is 5.69 Å². The molecule has 0 heterocycles. The number of rotatable bonds is 5.